The van der Waals surface area contributed by atoms with Crippen LogP contribution >= 0.6 is 0 Å². The lowest BCUT2D eigenvalue weighted by atomic mass is 9.78. The van der Waals surface area contributed by atoms with Crippen molar-refractivity contribution in [3.63, 3.8) is 0 Å². The maximum atomic E-state index is 10.7. The quantitative estimate of drug-likeness (QED) is 0.871. The van der Waals surface area contributed by atoms with E-state index in [9.17, 15) is 5.11 Å². The van der Waals surface area contributed by atoms with Gasteiger partial charge in [-0.15, -0.1) is 0 Å². The summed E-state index contributed by atoms with van der Waals surface area (Å²) in [5.74, 6) is 0.486. The molecule has 2 aliphatic heterocycles. The van der Waals surface area contributed by atoms with Gasteiger partial charge in [-0.1, -0.05) is 60.7 Å². The number of nitrogens with zero attached hydrogens (tertiary/aromatic N) is 1. The molecule has 4 nitrogen and oxygen atoms in total. The minimum Gasteiger partial charge on any atom is -0.476 e. The molecule has 0 aromatic heterocycles. The van der Waals surface area contributed by atoms with Gasteiger partial charge in [-0.3, -0.25) is 0 Å². The molecule has 4 heteroatoms. The Bertz CT molecular complexity index is 759. The lowest BCUT2D eigenvalue weighted by Gasteiger charge is -2.23. The van der Waals surface area contributed by atoms with Gasteiger partial charge in [-0.05, 0) is 31.9 Å². The predicted molar refractivity (Wildman–Crippen MR) is 96.6 cm³/mol. The molecule has 1 fully saturated rings. The third kappa shape index (κ3) is 2.25. The summed E-state index contributed by atoms with van der Waals surface area (Å²) in [6, 6.07) is 20.0. The molecule has 1 saturated heterocycles. The van der Waals surface area contributed by atoms with E-state index in [0.29, 0.717) is 12.5 Å². The van der Waals surface area contributed by atoms with Gasteiger partial charge in [0, 0.05) is 0 Å². The molecule has 0 amide bonds. The van der Waals surface area contributed by atoms with Crippen LogP contribution in [0.4, 0.5) is 0 Å². The predicted octanol–water partition coefficient (Wildman–Crippen LogP) is 3.29. The number of hydrogen-bond donors (Lipinski definition) is 1. The van der Waals surface area contributed by atoms with Gasteiger partial charge in [0.25, 0.3) is 0 Å². The van der Waals surface area contributed by atoms with Crippen LogP contribution in [0.15, 0.2) is 65.7 Å². The summed E-state index contributed by atoms with van der Waals surface area (Å²) in [5, 5.41) is 10.7. The summed E-state index contributed by atoms with van der Waals surface area (Å²) >= 11 is 0. The van der Waals surface area contributed by atoms with Gasteiger partial charge in [0.1, 0.15) is 6.61 Å². The Morgan fingerprint density at radius 3 is 1.88 bits per heavy atom. The summed E-state index contributed by atoms with van der Waals surface area (Å²) in [5.41, 5.74) is -0.162. The van der Waals surface area contributed by atoms with Crippen molar-refractivity contribution in [1.82, 2.24) is 0 Å². The topological polar surface area (TPSA) is 54.4 Å². The Balaban J connectivity index is 1.92. The molecule has 0 radical (unpaired) electrons. The SMILES string of the molecule is C[C@H](O)[C@]1(C2=NC(C)(C)CO2)OC1(c1ccccc1)c1ccccc1. The second kappa shape index (κ2) is 5.41. The summed E-state index contributed by atoms with van der Waals surface area (Å²) in [7, 11) is 0. The van der Waals surface area contributed by atoms with Crippen LogP contribution in [0.1, 0.15) is 31.9 Å². The number of ether oxygens (including phenoxy) is 2. The van der Waals surface area contributed by atoms with Crippen molar-refractivity contribution in [2.75, 3.05) is 6.61 Å². The Kier molecular flexibility index (Phi) is 3.53. The lowest BCUT2D eigenvalue weighted by Crippen LogP contribution is -2.43. The zero-order chi connectivity index (χ0) is 17.7. The molecular formula is C21H23NO3. The average Bonchev–Trinajstić information content (AvgIpc) is 3.22. The Labute approximate surface area is 148 Å². The van der Waals surface area contributed by atoms with E-state index in [1.54, 1.807) is 6.92 Å². The molecule has 1 N–H and O–H groups in total. The molecule has 0 bridgehead atoms. The van der Waals surface area contributed by atoms with E-state index in [4.69, 9.17) is 14.5 Å². The minimum absolute atomic E-state index is 0.317. The van der Waals surface area contributed by atoms with Crippen LogP contribution in [-0.4, -0.2) is 34.9 Å². The highest BCUT2D eigenvalue weighted by atomic mass is 16.7. The second-order valence-electron chi connectivity index (χ2n) is 7.44. The first kappa shape index (κ1) is 16.3. The molecule has 0 saturated carbocycles. The summed E-state index contributed by atoms with van der Waals surface area (Å²) < 4.78 is 12.3. The molecule has 2 aliphatic rings. The van der Waals surface area contributed by atoms with Crippen LogP contribution < -0.4 is 0 Å². The van der Waals surface area contributed by atoms with E-state index >= 15 is 0 Å². The normalized spacial score (nSPS) is 27.3. The maximum absolute atomic E-state index is 10.7. The fourth-order valence-corrected chi connectivity index (χ4v) is 3.80. The van der Waals surface area contributed by atoms with Gasteiger partial charge in [0.05, 0.1) is 11.6 Å². The van der Waals surface area contributed by atoms with Crippen molar-refractivity contribution in [1.29, 1.82) is 0 Å². The first-order valence-corrected chi connectivity index (χ1v) is 8.65. The number of aliphatic imine (C=N–C) groups is 1. The molecule has 2 heterocycles. The molecular weight excluding hydrogens is 314 g/mol. The first-order valence-electron chi connectivity index (χ1n) is 8.65. The van der Waals surface area contributed by atoms with E-state index in [1.165, 1.54) is 0 Å². The van der Waals surface area contributed by atoms with Gasteiger partial charge in [-0.25, -0.2) is 4.99 Å². The van der Waals surface area contributed by atoms with E-state index in [0.717, 1.165) is 11.1 Å². The van der Waals surface area contributed by atoms with E-state index in [-0.39, 0.29) is 5.54 Å². The third-order valence-corrected chi connectivity index (χ3v) is 5.03. The van der Waals surface area contributed by atoms with Crippen LogP contribution in [0.25, 0.3) is 0 Å². The molecule has 0 spiro atoms. The van der Waals surface area contributed by atoms with Gasteiger partial charge < -0.3 is 14.6 Å². The minimum atomic E-state index is -1.01. The largest absolute Gasteiger partial charge is 0.476 e. The highest BCUT2D eigenvalue weighted by Gasteiger charge is 2.79. The van der Waals surface area contributed by atoms with Crippen LogP contribution in [-0.2, 0) is 15.1 Å². The zero-order valence-electron chi connectivity index (χ0n) is 14.8. The Hall–Kier alpha value is -2.17. The van der Waals surface area contributed by atoms with Gasteiger partial charge >= 0.3 is 0 Å². The standard InChI is InChI=1S/C21H23NO3/c1-15(23)20(18-22-19(2,3)14-24-18)21(25-20,16-10-6-4-7-11-16)17-12-8-5-9-13-17/h4-13,15,23H,14H2,1-3H3/t15-,20+/m0/s1. The van der Waals surface area contributed by atoms with Crippen molar-refractivity contribution < 1.29 is 14.6 Å². The Morgan fingerprint density at radius 1 is 0.960 bits per heavy atom. The van der Waals surface area contributed by atoms with E-state index in [2.05, 4.69) is 0 Å². The van der Waals surface area contributed by atoms with Crippen molar-refractivity contribution in [3.05, 3.63) is 71.8 Å². The number of benzene rings is 2. The van der Waals surface area contributed by atoms with E-state index in [1.807, 2.05) is 74.5 Å². The fraction of sp³-hybridized carbons (Fsp3) is 0.381. The maximum Gasteiger partial charge on any atom is 0.224 e. The van der Waals surface area contributed by atoms with Crippen LogP contribution in [0.3, 0.4) is 0 Å². The molecule has 130 valence electrons. The van der Waals surface area contributed by atoms with Crippen molar-refractivity contribution in [3.8, 4) is 0 Å². The van der Waals surface area contributed by atoms with Crippen LogP contribution in [0.2, 0.25) is 0 Å². The Morgan fingerprint density at radius 2 is 1.48 bits per heavy atom. The number of aliphatic hydroxyl groups is 1. The molecule has 4 rings (SSSR count). The van der Waals surface area contributed by atoms with Crippen LogP contribution in [0, 0.1) is 0 Å². The zero-order valence-corrected chi connectivity index (χ0v) is 14.8. The van der Waals surface area contributed by atoms with Crippen molar-refractivity contribution in [2.45, 2.75) is 43.6 Å². The van der Waals surface area contributed by atoms with Gasteiger partial charge in [0.2, 0.25) is 11.5 Å². The highest BCUT2D eigenvalue weighted by molar-refractivity contribution is 5.94. The van der Waals surface area contributed by atoms with Gasteiger partial charge in [0.15, 0.2) is 5.60 Å². The molecule has 0 unspecified atom stereocenters. The smallest absolute Gasteiger partial charge is 0.224 e. The molecule has 2 aromatic rings. The van der Waals surface area contributed by atoms with E-state index < -0.39 is 17.3 Å². The van der Waals surface area contributed by atoms with Crippen molar-refractivity contribution in [2.24, 2.45) is 4.99 Å². The second-order valence-corrected chi connectivity index (χ2v) is 7.44. The fourth-order valence-electron chi connectivity index (χ4n) is 3.80. The van der Waals surface area contributed by atoms with Crippen LogP contribution in [0.5, 0.6) is 0 Å². The molecule has 2 atom stereocenters. The summed E-state index contributed by atoms with van der Waals surface area (Å²) in [4.78, 5) is 4.73. The monoisotopic (exact) mass is 337 g/mol. The average molecular weight is 337 g/mol. The third-order valence-electron chi connectivity index (χ3n) is 5.03. The highest BCUT2D eigenvalue weighted by Crippen LogP contribution is 2.63. The summed E-state index contributed by atoms with van der Waals surface area (Å²) in [6.07, 6.45) is -0.777. The molecule has 0 aliphatic carbocycles. The number of epoxide rings is 1. The lowest BCUT2D eigenvalue weighted by molar-refractivity contribution is 0.110. The first-order chi connectivity index (χ1) is 11.9. The molecule has 25 heavy (non-hydrogen) atoms. The molecule has 2 aromatic carbocycles. The number of hydrogen-bond acceptors (Lipinski definition) is 4. The van der Waals surface area contributed by atoms with Crippen molar-refractivity contribution >= 4 is 5.90 Å². The number of aliphatic hydroxyl groups excluding tert-OH is 1. The number of rotatable bonds is 4. The van der Waals surface area contributed by atoms with Gasteiger partial charge in [-0.2, -0.15) is 0 Å². The summed E-state index contributed by atoms with van der Waals surface area (Å²) in [6.45, 7) is 6.26.